The molecule has 0 bridgehead atoms. The SMILES string of the molecule is Cc1ccc(C(=O)NC(C(=O)N2CCCN(C(=O)OCC(C)C)CC2)C(C)C)cc1. The number of carbonyl (C=O) groups excluding carboxylic acids is 3. The first-order valence-corrected chi connectivity index (χ1v) is 10.8. The summed E-state index contributed by atoms with van der Waals surface area (Å²) in [5.74, 6) is -0.135. The molecule has 7 nitrogen and oxygen atoms in total. The zero-order chi connectivity index (χ0) is 22.3. The smallest absolute Gasteiger partial charge is 0.409 e. The molecule has 1 N–H and O–H groups in total. The summed E-state index contributed by atoms with van der Waals surface area (Å²) in [5, 5.41) is 2.90. The maximum atomic E-state index is 13.2. The van der Waals surface area contributed by atoms with Gasteiger partial charge in [-0.2, -0.15) is 0 Å². The number of rotatable bonds is 6. The van der Waals surface area contributed by atoms with E-state index in [-0.39, 0.29) is 29.7 Å². The molecule has 1 fully saturated rings. The molecule has 1 atom stereocenters. The van der Waals surface area contributed by atoms with Crippen molar-refractivity contribution in [2.75, 3.05) is 32.8 Å². The molecule has 1 aliphatic heterocycles. The number of aryl methyl sites for hydroxylation is 1. The molecule has 1 aliphatic rings. The van der Waals surface area contributed by atoms with Crippen molar-refractivity contribution >= 4 is 17.9 Å². The predicted octanol–water partition coefficient (Wildman–Crippen LogP) is 3.08. The Morgan fingerprint density at radius 1 is 0.967 bits per heavy atom. The Morgan fingerprint density at radius 2 is 1.57 bits per heavy atom. The topological polar surface area (TPSA) is 79.0 Å². The fourth-order valence-electron chi connectivity index (χ4n) is 3.29. The van der Waals surface area contributed by atoms with E-state index in [0.29, 0.717) is 44.8 Å². The first-order chi connectivity index (χ1) is 14.2. The first-order valence-electron chi connectivity index (χ1n) is 10.8. The minimum absolute atomic E-state index is 0.0535. The Labute approximate surface area is 179 Å². The number of benzene rings is 1. The molecule has 1 aromatic carbocycles. The Kier molecular flexibility index (Phi) is 8.69. The van der Waals surface area contributed by atoms with E-state index < -0.39 is 6.04 Å². The van der Waals surface area contributed by atoms with E-state index in [1.165, 1.54) is 0 Å². The van der Waals surface area contributed by atoms with E-state index in [4.69, 9.17) is 4.74 Å². The van der Waals surface area contributed by atoms with Gasteiger partial charge in [0.15, 0.2) is 0 Å². The number of hydrogen-bond acceptors (Lipinski definition) is 4. The Bertz CT molecular complexity index is 730. The monoisotopic (exact) mass is 417 g/mol. The highest BCUT2D eigenvalue weighted by atomic mass is 16.6. The van der Waals surface area contributed by atoms with E-state index in [2.05, 4.69) is 5.32 Å². The molecule has 1 saturated heterocycles. The largest absolute Gasteiger partial charge is 0.449 e. The number of amides is 3. The third-order valence-electron chi connectivity index (χ3n) is 5.14. The summed E-state index contributed by atoms with van der Waals surface area (Å²) in [7, 11) is 0. The van der Waals surface area contributed by atoms with Gasteiger partial charge in [0.2, 0.25) is 5.91 Å². The quantitative estimate of drug-likeness (QED) is 0.772. The Morgan fingerprint density at radius 3 is 2.17 bits per heavy atom. The maximum Gasteiger partial charge on any atom is 0.409 e. The molecule has 1 heterocycles. The maximum absolute atomic E-state index is 13.2. The second-order valence-corrected chi connectivity index (χ2v) is 8.70. The summed E-state index contributed by atoms with van der Waals surface area (Å²) in [6.45, 7) is 12.1. The van der Waals surface area contributed by atoms with E-state index in [1.807, 2.05) is 46.8 Å². The average molecular weight is 418 g/mol. The minimum Gasteiger partial charge on any atom is -0.449 e. The normalized spacial score (nSPS) is 15.7. The lowest BCUT2D eigenvalue weighted by atomic mass is 10.0. The molecule has 2 rings (SSSR count). The summed E-state index contributed by atoms with van der Waals surface area (Å²) >= 11 is 0. The van der Waals surface area contributed by atoms with Crippen molar-refractivity contribution in [3.05, 3.63) is 35.4 Å². The molecular weight excluding hydrogens is 382 g/mol. The van der Waals surface area contributed by atoms with Crippen molar-refractivity contribution in [1.29, 1.82) is 0 Å². The first kappa shape index (κ1) is 23.7. The Balaban J connectivity index is 1.98. The molecule has 0 saturated carbocycles. The second kappa shape index (κ2) is 11.0. The molecule has 7 heteroatoms. The highest BCUT2D eigenvalue weighted by Crippen LogP contribution is 2.13. The second-order valence-electron chi connectivity index (χ2n) is 8.70. The van der Waals surface area contributed by atoms with Crippen LogP contribution in [0.1, 0.15) is 50.0 Å². The van der Waals surface area contributed by atoms with Crippen LogP contribution in [0.5, 0.6) is 0 Å². The lowest BCUT2D eigenvalue weighted by Crippen LogP contribution is -2.52. The van der Waals surface area contributed by atoms with Gasteiger partial charge in [-0.05, 0) is 37.3 Å². The summed E-state index contributed by atoms with van der Waals surface area (Å²) in [6.07, 6.45) is 0.352. The predicted molar refractivity (Wildman–Crippen MR) is 116 cm³/mol. The molecule has 1 aromatic rings. The van der Waals surface area contributed by atoms with Crippen molar-refractivity contribution < 1.29 is 19.1 Å². The van der Waals surface area contributed by atoms with Gasteiger partial charge in [-0.1, -0.05) is 45.4 Å². The van der Waals surface area contributed by atoms with Crippen molar-refractivity contribution in [2.45, 2.75) is 47.1 Å². The van der Waals surface area contributed by atoms with Crippen molar-refractivity contribution in [3.8, 4) is 0 Å². The van der Waals surface area contributed by atoms with Crippen molar-refractivity contribution in [3.63, 3.8) is 0 Å². The van der Waals surface area contributed by atoms with Crippen LogP contribution in [-0.4, -0.2) is 66.5 Å². The minimum atomic E-state index is -0.613. The summed E-state index contributed by atoms with van der Waals surface area (Å²) in [6, 6.07) is 6.67. The molecular formula is C23H35N3O4. The average Bonchev–Trinajstić information content (AvgIpc) is 2.96. The third-order valence-corrected chi connectivity index (χ3v) is 5.14. The van der Waals surface area contributed by atoms with Gasteiger partial charge in [-0.3, -0.25) is 9.59 Å². The van der Waals surface area contributed by atoms with Gasteiger partial charge < -0.3 is 19.9 Å². The highest BCUT2D eigenvalue weighted by Gasteiger charge is 2.31. The van der Waals surface area contributed by atoms with Gasteiger partial charge in [-0.25, -0.2) is 4.79 Å². The van der Waals surface area contributed by atoms with E-state index >= 15 is 0 Å². The van der Waals surface area contributed by atoms with E-state index in [0.717, 1.165) is 5.56 Å². The number of hydrogen-bond donors (Lipinski definition) is 1. The van der Waals surface area contributed by atoms with Gasteiger partial charge in [0.05, 0.1) is 6.61 Å². The fourth-order valence-corrected chi connectivity index (χ4v) is 3.29. The molecule has 3 amide bonds. The molecule has 166 valence electrons. The van der Waals surface area contributed by atoms with Gasteiger partial charge >= 0.3 is 6.09 Å². The molecule has 0 aliphatic carbocycles. The molecule has 30 heavy (non-hydrogen) atoms. The van der Waals surface area contributed by atoms with Crippen LogP contribution in [0, 0.1) is 18.8 Å². The molecule has 0 aromatic heterocycles. The summed E-state index contributed by atoms with van der Waals surface area (Å²) < 4.78 is 5.32. The van der Waals surface area contributed by atoms with Crippen LogP contribution < -0.4 is 5.32 Å². The van der Waals surface area contributed by atoms with Crippen LogP contribution in [-0.2, 0) is 9.53 Å². The number of ether oxygens (including phenoxy) is 1. The molecule has 1 unspecified atom stereocenters. The zero-order valence-corrected chi connectivity index (χ0v) is 18.8. The number of nitrogens with zero attached hydrogens (tertiary/aromatic N) is 2. The molecule has 0 radical (unpaired) electrons. The van der Waals surface area contributed by atoms with E-state index in [1.54, 1.807) is 21.9 Å². The van der Waals surface area contributed by atoms with Crippen LogP contribution in [0.15, 0.2) is 24.3 Å². The number of carbonyl (C=O) groups is 3. The third kappa shape index (κ3) is 6.75. The van der Waals surface area contributed by atoms with Crippen LogP contribution in [0.4, 0.5) is 4.79 Å². The lowest BCUT2D eigenvalue weighted by molar-refractivity contribution is -0.134. The zero-order valence-electron chi connectivity index (χ0n) is 18.8. The Hall–Kier alpha value is -2.57. The van der Waals surface area contributed by atoms with Crippen LogP contribution >= 0.6 is 0 Å². The van der Waals surface area contributed by atoms with Crippen molar-refractivity contribution in [1.82, 2.24) is 15.1 Å². The van der Waals surface area contributed by atoms with Gasteiger partial charge in [0, 0.05) is 31.7 Å². The van der Waals surface area contributed by atoms with Gasteiger partial charge in [0.25, 0.3) is 5.91 Å². The van der Waals surface area contributed by atoms with Crippen LogP contribution in [0.25, 0.3) is 0 Å². The van der Waals surface area contributed by atoms with Crippen LogP contribution in [0.3, 0.4) is 0 Å². The highest BCUT2D eigenvalue weighted by molar-refractivity contribution is 5.97. The summed E-state index contributed by atoms with van der Waals surface area (Å²) in [5.41, 5.74) is 1.61. The van der Waals surface area contributed by atoms with Gasteiger partial charge in [0.1, 0.15) is 6.04 Å². The standard InChI is InChI=1S/C23H35N3O4/c1-16(2)15-30-23(29)26-12-6-11-25(13-14-26)22(28)20(17(3)4)24-21(27)19-9-7-18(5)8-10-19/h7-10,16-17,20H,6,11-15H2,1-5H3,(H,24,27). The van der Waals surface area contributed by atoms with E-state index in [9.17, 15) is 14.4 Å². The van der Waals surface area contributed by atoms with Gasteiger partial charge in [-0.15, -0.1) is 0 Å². The molecule has 0 spiro atoms. The van der Waals surface area contributed by atoms with Crippen molar-refractivity contribution in [2.24, 2.45) is 11.8 Å². The van der Waals surface area contributed by atoms with Crippen LogP contribution in [0.2, 0.25) is 0 Å². The summed E-state index contributed by atoms with van der Waals surface area (Å²) in [4.78, 5) is 41.5. The lowest BCUT2D eigenvalue weighted by Gasteiger charge is -2.29. The fraction of sp³-hybridized carbons (Fsp3) is 0.609. The number of nitrogens with one attached hydrogen (secondary N) is 1.